The van der Waals surface area contributed by atoms with E-state index in [-0.39, 0.29) is 20.1 Å². The van der Waals surface area contributed by atoms with Gasteiger partial charge in [-0.2, -0.15) is 0 Å². The first-order valence-corrected chi connectivity index (χ1v) is 7.38. The first-order valence-electron chi connectivity index (χ1n) is 7.38. The van der Waals surface area contributed by atoms with Gasteiger partial charge in [0.2, 0.25) is 0 Å². The summed E-state index contributed by atoms with van der Waals surface area (Å²) in [6.07, 6.45) is 9.00. The van der Waals surface area contributed by atoms with Gasteiger partial charge in [0.05, 0.1) is 17.5 Å². The molecule has 0 atom stereocenters. The molecule has 5 aromatic rings. The van der Waals surface area contributed by atoms with Crippen LogP contribution in [0.1, 0.15) is 0 Å². The van der Waals surface area contributed by atoms with Gasteiger partial charge in [0, 0.05) is 50.4 Å². The third kappa shape index (κ3) is 2.06. The predicted molar refractivity (Wildman–Crippen MR) is 90.1 cm³/mol. The van der Waals surface area contributed by atoms with E-state index in [0.717, 1.165) is 38.6 Å². The van der Waals surface area contributed by atoms with Crippen LogP contribution >= 0.6 is 0 Å². The minimum absolute atomic E-state index is 0. The van der Waals surface area contributed by atoms with E-state index in [1.165, 1.54) is 0 Å². The molecule has 0 N–H and O–H groups in total. The summed E-state index contributed by atoms with van der Waals surface area (Å²) in [5.41, 5.74) is 3.93. The van der Waals surface area contributed by atoms with Crippen molar-refractivity contribution >= 4 is 27.3 Å². The fraction of sp³-hybridized carbons (Fsp3) is 0. The maximum Gasteiger partial charge on any atom is 0.0708 e. The Morgan fingerprint density at radius 1 is 0.958 bits per heavy atom. The van der Waals surface area contributed by atoms with Crippen molar-refractivity contribution in [2.75, 3.05) is 0 Å². The second-order valence-electron chi connectivity index (χ2n) is 5.37. The Morgan fingerprint density at radius 3 is 2.75 bits per heavy atom. The molecule has 0 unspecified atom stereocenters. The van der Waals surface area contributed by atoms with Crippen molar-refractivity contribution in [2.45, 2.75) is 0 Å². The van der Waals surface area contributed by atoms with E-state index in [1.54, 1.807) is 18.6 Å². The molecular weight excluding hydrogens is 476 g/mol. The maximum atomic E-state index is 4.53. The van der Waals surface area contributed by atoms with Crippen molar-refractivity contribution in [3.63, 3.8) is 0 Å². The normalized spacial score (nSPS) is 11.0. The number of benzene rings is 2. The summed E-state index contributed by atoms with van der Waals surface area (Å²) in [5, 5.41) is 3.27. The molecule has 0 amide bonds. The van der Waals surface area contributed by atoms with Crippen LogP contribution in [0.3, 0.4) is 0 Å². The average molecular weight is 488 g/mol. The summed E-state index contributed by atoms with van der Waals surface area (Å²) in [6.45, 7) is 0. The Hall–Kier alpha value is -2.62. The predicted octanol–water partition coefficient (Wildman–Crippen LogP) is 3.90. The van der Waals surface area contributed by atoms with Crippen LogP contribution in [-0.2, 0) is 20.1 Å². The quantitative estimate of drug-likeness (QED) is 0.266. The molecule has 0 bridgehead atoms. The minimum Gasteiger partial charge on any atom is -0.340 e. The molecule has 0 spiro atoms. The Balaban J connectivity index is 0.00000146. The number of hydrogen-bond acceptors (Lipinski definition) is 3. The van der Waals surface area contributed by atoms with Crippen LogP contribution in [0.4, 0.5) is 0 Å². The molecule has 5 rings (SSSR count). The minimum atomic E-state index is 0. The van der Waals surface area contributed by atoms with Crippen molar-refractivity contribution in [2.24, 2.45) is 0 Å². The topological polar surface area (TPSA) is 43.1 Å². The van der Waals surface area contributed by atoms with Gasteiger partial charge in [-0.15, -0.1) is 18.2 Å². The van der Waals surface area contributed by atoms with Gasteiger partial charge in [-0.1, -0.05) is 34.5 Å². The summed E-state index contributed by atoms with van der Waals surface area (Å²) in [4.78, 5) is 13.2. The van der Waals surface area contributed by atoms with Crippen molar-refractivity contribution in [3.05, 3.63) is 73.4 Å². The molecule has 0 aliphatic rings. The molecular formula is C19H11IrN4-. The average Bonchev–Trinajstić information content (AvgIpc) is 3.12. The van der Waals surface area contributed by atoms with Crippen molar-refractivity contribution in [1.82, 2.24) is 19.4 Å². The number of aromatic nitrogens is 4. The number of nitrogens with zero attached hydrogens (tertiary/aromatic N) is 4. The Bertz CT molecular complexity index is 1170. The molecule has 24 heavy (non-hydrogen) atoms. The summed E-state index contributed by atoms with van der Waals surface area (Å²) < 4.78 is 2.11. The number of rotatable bonds is 1. The van der Waals surface area contributed by atoms with E-state index in [0.29, 0.717) is 0 Å². The summed E-state index contributed by atoms with van der Waals surface area (Å²) in [7, 11) is 0. The number of imidazole rings is 1. The van der Waals surface area contributed by atoms with Crippen molar-refractivity contribution in [3.8, 4) is 11.3 Å². The van der Waals surface area contributed by atoms with E-state index >= 15 is 0 Å². The number of pyridine rings is 1. The van der Waals surface area contributed by atoms with E-state index in [2.05, 4.69) is 43.6 Å². The van der Waals surface area contributed by atoms with E-state index in [1.807, 2.05) is 30.6 Å². The zero-order valence-corrected chi connectivity index (χ0v) is 14.9. The summed E-state index contributed by atoms with van der Waals surface area (Å²) in [6, 6.07) is 15.7. The van der Waals surface area contributed by atoms with Crippen LogP contribution in [-0.4, -0.2) is 19.4 Å². The Morgan fingerprint density at radius 2 is 1.88 bits per heavy atom. The number of hydrogen-bond donors (Lipinski definition) is 0. The standard InChI is InChI=1S/C19H11N4.Ir/c1-2-7-17-14(4-1)18-13(16-12-20-8-9-21-16)5-3-6-15(18)19-22-10-11-23(17)19;/h1-5,7-12H;/q-1;. The molecule has 1 radical (unpaired) electrons. The van der Waals surface area contributed by atoms with E-state index in [9.17, 15) is 0 Å². The molecule has 2 aromatic carbocycles. The van der Waals surface area contributed by atoms with Gasteiger partial charge < -0.3 is 4.40 Å². The molecule has 3 aromatic heterocycles. The molecule has 0 fully saturated rings. The van der Waals surface area contributed by atoms with Crippen LogP contribution in [0.5, 0.6) is 0 Å². The van der Waals surface area contributed by atoms with Crippen LogP contribution in [0, 0.1) is 6.07 Å². The Labute approximate surface area is 151 Å². The van der Waals surface area contributed by atoms with Gasteiger partial charge in [-0.25, -0.2) is 0 Å². The zero-order chi connectivity index (χ0) is 15.2. The zero-order valence-electron chi connectivity index (χ0n) is 12.5. The molecule has 117 valence electrons. The van der Waals surface area contributed by atoms with Crippen LogP contribution in [0.25, 0.3) is 38.6 Å². The van der Waals surface area contributed by atoms with Crippen LogP contribution < -0.4 is 0 Å². The smallest absolute Gasteiger partial charge is 0.0708 e. The molecule has 0 aliphatic carbocycles. The van der Waals surface area contributed by atoms with Crippen LogP contribution in [0.15, 0.2) is 67.4 Å². The molecule has 3 heterocycles. The van der Waals surface area contributed by atoms with E-state index in [4.69, 9.17) is 0 Å². The van der Waals surface area contributed by atoms with Gasteiger partial charge in [-0.05, 0) is 11.5 Å². The largest absolute Gasteiger partial charge is 0.340 e. The van der Waals surface area contributed by atoms with Gasteiger partial charge >= 0.3 is 0 Å². The van der Waals surface area contributed by atoms with Crippen molar-refractivity contribution < 1.29 is 20.1 Å². The second kappa shape index (κ2) is 5.78. The van der Waals surface area contributed by atoms with Crippen molar-refractivity contribution in [1.29, 1.82) is 0 Å². The molecule has 4 nitrogen and oxygen atoms in total. The third-order valence-electron chi connectivity index (χ3n) is 4.13. The van der Waals surface area contributed by atoms with Gasteiger partial charge in [0.1, 0.15) is 0 Å². The van der Waals surface area contributed by atoms with Gasteiger partial charge in [0.15, 0.2) is 0 Å². The number of para-hydroxylation sites is 1. The van der Waals surface area contributed by atoms with Gasteiger partial charge in [-0.3, -0.25) is 15.0 Å². The molecule has 0 saturated heterocycles. The maximum absolute atomic E-state index is 4.53. The van der Waals surface area contributed by atoms with E-state index < -0.39 is 0 Å². The summed E-state index contributed by atoms with van der Waals surface area (Å²) in [5.74, 6) is 0. The van der Waals surface area contributed by atoms with Gasteiger partial charge in [0.25, 0.3) is 0 Å². The Kier molecular flexibility index (Phi) is 3.60. The number of fused-ring (bicyclic) bond motifs is 6. The third-order valence-corrected chi connectivity index (χ3v) is 4.13. The fourth-order valence-electron chi connectivity index (χ4n) is 3.18. The first-order chi connectivity index (χ1) is 11.4. The second-order valence-corrected chi connectivity index (χ2v) is 5.37. The monoisotopic (exact) mass is 488 g/mol. The molecule has 0 aliphatic heterocycles. The molecule has 5 heteroatoms. The first kappa shape index (κ1) is 14.9. The van der Waals surface area contributed by atoms with Crippen LogP contribution in [0.2, 0.25) is 0 Å². The molecule has 0 saturated carbocycles. The SMILES string of the molecule is [Ir].[c-]1ccc(-c2cnccn2)c2c1c1nccn1c1ccccc21. The summed E-state index contributed by atoms with van der Waals surface area (Å²) >= 11 is 0. The fourth-order valence-corrected chi connectivity index (χ4v) is 3.18.